The Labute approximate surface area is 258 Å². The molecule has 45 heavy (non-hydrogen) atoms. The molecule has 2 amide bonds. The van der Waals surface area contributed by atoms with Crippen molar-refractivity contribution >= 4 is 17.5 Å². The van der Waals surface area contributed by atoms with Gasteiger partial charge in [0.15, 0.2) is 5.69 Å². The summed E-state index contributed by atoms with van der Waals surface area (Å²) >= 11 is 0. The molecule has 242 valence electrons. The maximum Gasteiger partial charge on any atom is 0.434 e. The first-order chi connectivity index (χ1) is 21.5. The highest BCUT2D eigenvalue weighted by atomic mass is 19.4. The van der Waals surface area contributed by atoms with E-state index in [2.05, 4.69) is 20.6 Å². The van der Waals surface area contributed by atoms with Gasteiger partial charge in [0.1, 0.15) is 5.82 Å². The SMILES string of the molecule is CCOc1ncccc1-c1ccc(N2CCN(C(=O)c3ccc(OC)nc3C(F)(F)F)C[C@H]2CC)c(C(=O)NCCNC)c1F. The Morgan fingerprint density at radius 1 is 1.07 bits per heavy atom. The van der Waals surface area contributed by atoms with Gasteiger partial charge in [0.25, 0.3) is 11.8 Å². The smallest absolute Gasteiger partial charge is 0.434 e. The van der Waals surface area contributed by atoms with Crippen molar-refractivity contribution in [2.24, 2.45) is 0 Å². The Balaban J connectivity index is 1.71. The van der Waals surface area contributed by atoms with Crippen LogP contribution in [0, 0.1) is 5.82 Å². The van der Waals surface area contributed by atoms with Crippen molar-refractivity contribution in [2.75, 3.05) is 58.4 Å². The summed E-state index contributed by atoms with van der Waals surface area (Å²) in [6.07, 6.45) is -2.90. The largest absolute Gasteiger partial charge is 0.481 e. The van der Waals surface area contributed by atoms with Crippen LogP contribution < -0.4 is 25.0 Å². The zero-order valence-corrected chi connectivity index (χ0v) is 25.5. The molecule has 0 saturated carbocycles. The van der Waals surface area contributed by atoms with Gasteiger partial charge in [-0.25, -0.2) is 14.4 Å². The predicted octanol–water partition coefficient (Wildman–Crippen LogP) is 4.40. The number of aromatic nitrogens is 2. The number of hydrogen-bond donors (Lipinski definition) is 2. The number of nitrogens with zero attached hydrogens (tertiary/aromatic N) is 4. The highest BCUT2D eigenvalue weighted by Gasteiger charge is 2.40. The molecule has 14 heteroatoms. The molecule has 0 unspecified atom stereocenters. The molecule has 0 spiro atoms. The van der Waals surface area contributed by atoms with Crippen LogP contribution in [0.4, 0.5) is 23.2 Å². The lowest BCUT2D eigenvalue weighted by molar-refractivity contribution is -0.141. The number of hydrogen-bond acceptors (Lipinski definition) is 8. The highest BCUT2D eigenvalue weighted by Crippen LogP contribution is 2.38. The lowest BCUT2D eigenvalue weighted by atomic mass is 9.98. The number of amides is 2. The second kappa shape index (κ2) is 14.5. The van der Waals surface area contributed by atoms with Gasteiger partial charge in [0.05, 0.1) is 30.5 Å². The van der Waals surface area contributed by atoms with Gasteiger partial charge in [-0.2, -0.15) is 13.2 Å². The number of nitrogens with one attached hydrogen (secondary N) is 2. The van der Waals surface area contributed by atoms with Crippen molar-refractivity contribution in [3.8, 4) is 22.9 Å². The van der Waals surface area contributed by atoms with Gasteiger partial charge in [0, 0.05) is 62.2 Å². The molecule has 1 aliphatic rings. The molecule has 3 aromatic rings. The fourth-order valence-corrected chi connectivity index (χ4v) is 5.29. The molecule has 0 aliphatic carbocycles. The number of anilines is 1. The number of rotatable bonds is 11. The zero-order valence-electron chi connectivity index (χ0n) is 25.5. The number of methoxy groups -OCH3 is 1. The molecule has 3 heterocycles. The quantitative estimate of drug-likeness (QED) is 0.237. The first-order valence-corrected chi connectivity index (χ1v) is 14.6. The predicted molar refractivity (Wildman–Crippen MR) is 160 cm³/mol. The fraction of sp³-hybridized carbons (Fsp3) is 0.419. The Morgan fingerprint density at radius 3 is 2.51 bits per heavy atom. The van der Waals surface area contributed by atoms with Crippen LogP contribution in [0.5, 0.6) is 11.8 Å². The van der Waals surface area contributed by atoms with Crippen LogP contribution in [0.15, 0.2) is 42.6 Å². The molecule has 1 aromatic carbocycles. The van der Waals surface area contributed by atoms with Crippen LogP contribution in [-0.2, 0) is 6.18 Å². The molecule has 0 radical (unpaired) electrons. The molecular formula is C31H36F4N6O4. The molecular weight excluding hydrogens is 596 g/mol. The summed E-state index contributed by atoms with van der Waals surface area (Å²) in [5, 5.41) is 5.67. The van der Waals surface area contributed by atoms with E-state index in [0.717, 1.165) is 6.07 Å². The maximum absolute atomic E-state index is 16.5. The van der Waals surface area contributed by atoms with E-state index in [9.17, 15) is 22.8 Å². The van der Waals surface area contributed by atoms with Crippen molar-refractivity contribution in [1.82, 2.24) is 25.5 Å². The Kier molecular flexibility index (Phi) is 10.8. The maximum atomic E-state index is 16.5. The Bertz CT molecular complexity index is 1520. The topological polar surface area (TPSA) is 109 Å². The van der Waals surface area contributed by atoms with Crippen LogP contribution in [0.2, 0.25) is 0 Å². The molecule has 4 rings (SSSR count). The normalized spacial score (nSPS) is 15.2. The number of benzene rings is 1. The van der Waals surface area contributed by atoms with E-state index >= 15 is 4.39 Å². The van der Waals surface area contributed by atoms with Gasteiger partial charge in [-0.05, 0) is 50.7 Å². The lowest BCUT2D eigenvalue weighted by Gasteiger charge is -2.43. The standard InChI is InChI=1S/C31H36F4N6O4/c1-5-19-18-40(30(43)22-10-12-24(44-4)39-27(22)31(33,34)35)16-17-41(19)23-11-9-20(21-8-7-13-38-29(21)45-6-2)26(32)25(23)28(42)37-15-14-36-3/h7-13,19,36H,5-6,14-18H2,1-4H3,(H,37,42)/t19-/m1/s1. The summed E-state index contributed by atoms with van der Waals surface area (Å²) in [6.45, 7) is 4.84. The van der Waals surface area contributed by atoms with E-state index < -0.39 is 41.1 Å². The van der Waals surface area contributed by atoms with Crippen LogP contribution in [0.3, 0.4) is 0 Å². The van der Waals surface area contributed by atoms with Crippen molar-refractivity contribution in [3.63, 3.8) is 0 Å². The second-order valence-corrected chi connectivity index (χ2v) is 10.2. The Hall–Kier alpha value is -4.46. The summed E-state index contributed by atoms with van der Waals surface area (Å²) < 4.78 is 68.4. The first kappa shape index (κ1) is 33.4. The minimum Gasteiger partial charge on any atom is -0.481 e. The highest BCUT2D eigenvalue weighted by molar-refractivity contribution is 6.02. The number of likely N-dealkylation sites (N-methyl/N-ethyl adjacent to an activating group) is 1. The molecule has 1 aliphatic heterocycles. The number of piperazine rings is 1. The lowest BCUT2D eigenvalue weighted by Crippen LogP contribution is -2.55. The molecule has 10 nitrogen and oxygen atoms in total. The van der Waals surface area contributed by atoms with Crippen molar-refractivity contribution in [2.45, 2.75) is 32.5 Å². The summed E-state index contributed by atoms with van der Waals surface area (Å²) in [6, 6.07) is 8.32. The van der Waals surface area contributed by atoms with Crippen molar-refractivity contribution in [3.05, 3.63) is 65.2 Å². The molecule has 2 aromatic heterocycles. The second-order valence-electron chi connectivity index (χ2n) is 10.2. The zero-order chi connectivity index (χ0) is 32.7. The number of carbonyl (C=O) groups excluding carboxylic acids is 2. The molecule has 1 atom stereocenters. The van der Waals surface area contributed by atoms with Gasteiger partial charge in [0.2, 0.25) is 11.8 Å². The monoisotopic (exact) mass is 632 g/mol. The number of halogens is 4. The number of alkyl halides is 3. The first-order valence-electron chi connectivity index (χ1n) is 14.6. The van der Waals surface area contributed by atoms with Crippen LogP contribution in [0.1, 0.15) is 46.7 Å². The third kappa shape index (κ3) is 7.27. The minimum absolute atomic E-state index is 0.0277. The summed E-state index contributed by atoms with van der Waals surface area (Å²) in [5.41, 5.74) is -1.30. The van der Waals surface area contributed by atoms with Gasteiger partial charge in [-0.3, -0.25) is 9.59 Å². The summed E-state index contributed by atoms with van der Waals surface area (Å²) in [7, 11) is 2.91. The number of ether oxygens (including phenoxy) is 2. The van der Waals surface area contributed by atoms with Crippen LogP contribution in [-0.4, -0.2) is 86.2 Å². The molecule has 1 saturated heterocycles. The van der Waals surface area contributed by atoms with Gasteiger partial charge in [-0.15, -0.1) is 0 Å². The van der Waals surface area contributed by atoms with E-state index in [0.29, 0.717) is 30.8 Å². The average Bonchev–Trinajstić information content (AvgIpc) is 3.03. The molecule has 0 bridgehead atoms. The minimum atomic E-state index is -4.88. The third-order valence-electron chi connectivity index (χ3n) is 7.48. The van der Waals surface area contributed by atoms with E-state index in [4.69, 9.17) is 9.47 Å². The van der Waals surface area contributed by atoms with Crippen LogP contribution >= 0.6 is 0 Å². The van der Waals surface area contributed by atoms with Gasteiger partial charge >= 0.3 is 6.18 Å². The third-order valence-corrected chi connectivity index (χ3v) is 7.48. The summed E-state index contributed by atoms with van der Waals surface area (Å²) in [5.74, 6) is -2.27. The van der Waals surface area contributed by atoms with E-state index in [-0.39, 0.29) is 49.1 Å². The summed E-state index contributed by atoms with van der Waals surface area (Å²) in [4.78, 5) is 37.8. The van der Waals surface area contributed by atoms with E-state index in [1.807, 2.05) is 11.8 Å². The molecule has 1 fully saturated rings. The van der Waals surface area contributed by atoms with Gasteiger partial charge < -0.3 is 29.9 Å². The number of pyridine rings is 2. The fourth-order valence-electron chi connectivity index (χ4n) is 5.29. The Morgan fingerprint density at radius 2 is 1.84 bits per heavy atom. The van der Waals surface area contributed by atoms with Gasteiger partial charge in [-0.1, -0.05) is 6.92 Å². The van der Waals surface area contributed by atoms with Crippen LogP contribution in [0.25, 0.3) is 11.1 Å². The van der Waals surface area contributed by atoms with Crippen molar-refractivity contribution < 1.29 is 36.6 Å². The van der Waals surface area contributed by atoms with E-state index in [1.165, 1.54) is 24.3 Å². The number of carbonyl (C=O) groups is 2. The average molecular weight is 633 g/mol. The van der Waals surface area contributed by atoms with Crippen molar-refractivity contribution in [1.29, 1.82) is 0 Å². The van der Waals surface area contributed by atoms with E-state index in [1.54, 1.807) is 38.2 Å². The molecule has 2 N–H and O–H groups in total.